The first-order valence-corrected chi connectivity index (χ1v) is 9.12. The predicted octanol–water partition coefficient (Wildman–Crippen LogP) is 5.40. The summed E-state index contributed by atoms with van der Waals surface area (Å²) in [4.78, 5) is 11.1. The van der Waals surface area contributed by atoms with Crippen molar-refractivity contribution in [3.63, 3.8) is 0 Å². The third-order valence-corrected chi connectivity index (χ3v) is 5.01. The van der Waals surface area contributed by atoms with Crippen LogP contribution in [0.5, 0.6) is 5.75 Å². The molecule has 5 nitrogen and oxygen atoms in total. The normalized spacial score (nSPS) is 17.0. The number of benzene rings is 2. The van der Waals surface area contributed by atoms with E-state index in [4.69, 9.17) is 26.5 Å². The van der Waals surface area contributed by atoms with Crippen molar-refractivity contribution in [2.24, 2.45) is 10.5 Å². The minimum atomic E-state index is -0.944. The molecule has 0 saturated carbocycles. The fourth-order valence-electron chi connectivity index (χ4n) is 3.11. The van der Waals surface area contributed by atoms with Gasteiger partial charge in [-0.05, 0) is 42.0 Å². The lowest BCUT2D eigenvalue weighted by molar-refractivity contribution is 0.0697. The molecule has 27 heavy (non-hydrogen) atoms. The monoisotopic (exact) mass is 386 g/mol. The molecule has 0 aliphatic carbocycles. The lowest BCUT2D eigenvalue weighted by Gasteiger charge is -2.24. The fourth-order valence-corrected chi connectivity index (χ4v) is 3.38. The smallest absolute Gasteiger partial charge is 0.335 e. The second-order valence-electron chi connectivity index (χ2n) is 7.61. The van der Waals surface area contributed by atoms with Gasteiger partial charge in [0.2, 0.25) is 0 Å². The average molecular weight is 387 g/mol. The van der Waals surface area contributed by atoms with Gasteiger partial charge in [0, 0.05) is 17.5 Å². The zero-order valence-electron chi connectivity index (χ0n) is 15.9. The van der Waals surface area contributed by atoms with Crippen LogP contribution in [0.15, 0.2) is 47.6 Å². The van der Waals surface area contributed by atoms with Crippen LogP contribution < -0.4 is 9.75 Å². The molecule has 1 heterocycles. The number of halogens is 1. The van der Waals surface area contributed by atoms with Gasteiger partial charge >= 0.3 is 5.97 Å². The molecule has 0 saturated heterocycles. The summed E-state index contributed by atoms with van der Waals surface area (Å²) in [7, 11) is 1.59. The molecule has 1 N–H and O–H groups in total. The lowest BCUT2D eigenvalue weighted by Crippen LogP contribution is -2.19. The van der Waals surface area contributed by atoms with E-state index in [0.29, 0.717) is 10.8 Å². The van der Waals surface area contributed by atoms with Crippen molar-refractivity contribution >= 4 is 29.0 Å². The maximum Gasteiger partial charge on any atom is 0.335 e. The van der Waals surface area contributed by atoms with Gasteiger partial charge in [0.25, 0.3) is 0 Å². The Morgan fingerprint density at radius 3 is 2.41 bits per heavy atom. The van der Waals surface area contributed by atoms with E-state index >= 15 is 0 Å². The van der Waals surface area contributed by atoms with Crippen LogP contribution in [0.4, 0.5) is 5.69 Å². The zero-order valence-corrected chi connectivity index (χ0v) is 16.6. The first kappa shape index (κ1) is 19.2. The Balaban J connectivity index is 2.01. The number of carboxylic acid groups (broad SMARTS) is 1. The van der Waals surface area contributed by atoms with Gasteiger partial charge in [0.1, 0.15) is 5.75 Å². The van der Waals surface area contributed by atoms with Crippen LogP contribution in [-0.2, 0) is 0 Å². The Kier molecular flexibility index (Phi) is 5.16. The van der Waals surface area contributed by atoms with E-state index in [9.17, 15) is 4.79 Å². The lowest BCUT2D eigenvalue weighted by atomic mass is 9.86. The van der Waals surface area contributed by atoms with Crippen LogP contribution in [-0.4, -0.2) is 23.9 Å². The van der Waals surface area contributed by atoms with Gasteiger partial charge < -0.3 is 9.84 Å². The van der Waals surface area contributed by atoms with Crippen molar-refractivity contribution in [2.45, 2.75) is 33.2 Å². The van der Waals surface area contributed by atoms with E-state index in [1.54, 1.807) is 31.4 Å². The first-order valence-electron chi connectivity index (χ1n) is 8.74. The first-order chi connectivity index (χ1) is 12.7. The van der Waals surface area contributed by atoms with E-state index in [1.165, 1.54) is 0 Å². The molecule has 3 rings (SSSR count). The van der Waals surface area contributed by atoms with Gasteiger partial charge in [-0.2, -0.15) is 5.10 Å². The second kappa shape index (κ2) is 7.24. The molecule has 0 spiro atoms. The van der Waals surface area contributed by atoms with Crippen molar-refractivity contribution in [1.82, 2.24) is 0 Å². The Morgan fingerprint density at radius 2 is 1.89 bits per heavy atom. The molecule has 1 aliphatic heterocycles. The summed E-state index contributed by atoms with van der Waals surface area (Å²) in [5, 5.41) is 16.5. The summed E-state index contributed by atoms with van der Waals surface area (Å²) in [6.45, 7) is 6.42. The van der Waals surface area contributed by atoms with E-state index in [2.05, 4.69) is 20.8 Å². The molecule has 1 unspecified atom stereocenters. The third-order valence-electron chi connectivity index (χ3n) is 4.72. The number of hydrazone groups is 1. The van der Waals surface area contributed by atoms with Crippen LogP contribution >= 0.6 is 11.6 Å². The Bertz CT molecular complexity index is 885. The molecule has 2 aromatic rings. The number of hydrogen-bond donors (Lipinski definition) is 1. The molecule has 0 fully saturated rings. The van der Waals surface area contributed by atoms with E-state index in [1.807, 2.05) is 23.2 Å². The molecule has 6 heteroatoms. The molecule has 0 amide bonds. The summed E-state index contributed by atoms with van der Waals surface area (Å²) in [6.07, 6.45) is 0.771. The predicted molar refractivity (Wildman–Crippen MR) is 108 cm³/mol. The minimum Gasteiger partial charge on any atom is -0.495 e. The Labute approximate surface area is 164 Å². The molecule has 1 aliphatic rings. The quantitative estimate of drug-likeness (QED) is 0.764. The number of nitrogens with zero attached hydrogens (tertiary/aromatic N) is 2. The molecule has 0 radical (unpaired) electrons. The van der Waals surface area contributed by atoms with Crippen LogP contribution in [0.1, 0.15) is 49.2 Å². The number of ether oxygens (including phenoxy) is 1. The third kappa shape index (κ3) is 3.93. The summed E-state index contributed by atoms with van der Waals surface area (Å²) >= 11 is 6.34. The second-order valence-corrected chi connectivity index (χ2v) is 8.01. The molecule has 1 atom stereocenters. The standard InChI is InChI=1S/C21H23ClN2O3/c1-21(2,3)19-12-17(14-7-10-18(27-4)16(22)11-14)24(23-19)15-8-5-13(6-9-15)20(25)26/h5-11,17H,12H2,1-4H3,(H,25,26). The fraction of sp³-hybridized carbons (Fsp3) is 0.333. The Hall–Kier alpha value is -2.53. The number of carbonyl (C=O) groups is 1. The molecular weight excluding hydrogens is 364 g/mol. The SMILES string of the molecule is COc1ccc(C2CC(C(C)(C)C)=NN2c2ccc(C(=O)O)cc2)cc1Cl. The van der Waals surface area contributed by atoms with Gasteiger partial charge in [0.15, 0.2) is 0 Å². The van der Waals surface area contributed by atoms with E-state index < -0.39 is 5.97 Å². The molecule has 0 bridgehead atoms. The van der Waals surface area contributed by atoms with Gasteiger partial charge in [-0.1, -0.05) is 38.4 Å². The van der Waals surface area contributed by atoms with Crippen molar-refractivity contribution in [3.8, 4) is 5.75 Å². The van der Waals surface area contributed by atoms with Crippen molar-refractivity contribution in [2.75, 3.05) is 12.1 Å². The maximum atomic E-state index is 11.1. The number of carboxylic acids is 1. The van der Waals surface area contributed by atoms with Crippen LogP contribution in [0, 0.1) is 5.41 Å². The molecule has 2 aromatic carbocycles. The van der Waals surface area contributed by atoms with Crippen LogP contribution in [0.25, 0.3) is 0 Å². The van der Waals surface area contributed by atoms with Gasteiger partial charge in [-0.25, -0.2) is 4.79 Å². The zero-order chi connectivity index (χ0) is 19.8. The van der Waals surface area contributed by atoms with Crippen LogP contribution in [0.2, 0.25) is 5.02 Å². The largest absolute Gasteiger partial charge is 0.495 e. The number of aromatic carboxylic acids is 1. The number of anilines is 1. The van der Waals surface area contributed by atoms with Crippen LogP contribution in [0.3, 0.4) is 0 Å². The van der Waals surface area contributed by atoms with Crippen molar-refractivity contribution in [3.05, 3.63) is 58.6 Å². The highest BCUT2D eigenvalue weighted by atomic mass is 35.5. The van der Waals surface area contributed by atoms with Gasteiger partial charge in [-0.3, -0.25) is 5.01 Å². The summed E-state index contributed by atoms with van der Waals surface area (Å²) in [5.74, 6) is -0.312. The highest BCUT2D eigenvalue weighted by Gasteiger charge is 2.34. The number of hydrogen-bond acceptors (Lipinski definition) is 4. The van der Waals surface area contributed by atoms with E-state index in [-0.39, 0.29) is 17.0 Å². The highest BCUT2D eigenvalue weighted by molar-refractivity contribution is 6.32. The van der Waals surface area contributed by atoms with Crippen molar-refractivity contribution < 1.29 is 14.6 Å². The summed E-state index contributed by atoms with van der Waals surface area (Å²) in [5.41, 5.74) is 3.15. The minimum absolute atomic E-state index is 0.0155. The topological polar surface area (TPSA) is 62.1 Å². The molecular formula is C21H23ClN2O3. The maximum absolute atomic E-state index is 11.1. The van der Waals surface area contributed by atoms with Gasteiger partial charge in [0.05, 0.1) is 29.4 Å². The average Bonchev–Trinajstić information content (AvgIpc) is 3.07. The highest BCUT2D eigenvalue weighted by Crippen LogP contribution is 2.41. The van der Waals surface area contributed by atoms with E-state index in [0.717, 1.165) is 23.4 Å². The summed E-state index contributed by atoms with van der Waals surface area (Å²) in [6, 6.07) is 12.5. The number of methoxy groups -OCH3 is 1. The van der Waals surface area contributed by atoms with Crippen molar-refractivity contribution in [1.29, 1.82) is 0 Å². The molecule has 0 aromatic heterocycles. The number of rotatable bonds is 4. The molecule has 142 valence electrons. The summed E-state index contributed by atoms with van der Waals surface area (Å²) < 4.78 is 5.26. The van der Waals surface area contributed by atoms with Gasteiger partial charge in [-0.15, -0.1) is 0 Å². The Morgan fingerprint density at radius 1 is 1.22 bits per heavy atom.